The van der Waals surface area contributed by atoms with E-state index in [1.165, 1.54) is 5.56 Å². The molecule has 1 saturated carbocycles. The molecular formula is C22H28N2O4S. The number of carbonyl (C=O) groups is 2. The van der Waals surface area contributed by atoms with E-state index >= 15 is 0 Å². The lowest BCUT2D eigenvalue weighted by Gasteiger charge is -2.40. The van der Waals surface area contributed by atoms with E-state index in [1.54, 1.807) is 30.6 Å². The molecular weight excluding hydrogens is 388 g/mol. The zero-order chi connectivity index (χ0) is 20.7. The van der Waals surface area contributed by atoms with Crippen LogP contribution in [0, 0.1) is 0 Å². The lowest BCUT2D eigenvalue weighted by atomic mass is 9.69. The fourth-order valence-corrected chi connectivity index (χ4v) is 4.69. The largest absolute Gasteiger partial charge is 0.496 e. The molecule has 156 valence electrons. The summed E-state index contributed by atoms with van der Waals surface area (Å²) in [5.74, 6) is 0.423. The fraction of sp³-hybridized carbons (Fsp3) is 0.455. The molecule has 0 aliphatic heterocycles. The van der Waals surface area contributed by atoms with Crippen LogP contribution in [0.1, 0.15) is 48.5 Å². The molecule has 0 radical (unpaired) electrons. The number of hydrogen-bond acceptors (Lipinski definition) is 5. The van der Waals surface area contributed by atoms with Crippen molar-refractivity contribution in [3.05, 3.63) is 52.2 Å². The van der Waals surface area contributed by atoms with Crippen LogP contribution >= 0.6 is 11.3 Å². The SMILES string of the molecule is CCNC(=O)O[C@H]1CC[C@](CNC(=O)c2ccccc2OC)(c2ccsc2)CC1. The zero-order valence-electron chi connectivity index (χ0n) is 16.9. The van der Waals surface area contributed by atoms with Gasteiger partial charge in [-0.25, -0.2) is 4.79 Å². The van der Waals surface area contributed by atoms with Crippen molar-refractivity contribution >= 4 is 23.3 Å². The number of para-hydroxylation sites is 1. The Morgan fingerprint density at radius 2 is 1.93 bits per heavy atom. The molecule has 1 heterocycles. The van der Waals surface area contributed by atoms with Gasteiger partial charge in [-0.2, -0.15) is 11.3 Å². The van der Waals surface area contributed by atoms with Gasteiger partial charge in [-0.3, -0.25) is 4.79 Å². The average molecular weight is 417 g/mol. The van der Waals surface area contributed by atoms with Crippen molar-refractivity contribution < 1.29 is 19.1 Å². The van der Waals surface area contributed by atoms with Gasteiger partial charge in [0, 0.05) is 18.5 Å². The first-order valence-electron chi connectivity index (χ1n) is 9.96. The molecule has 1 aromatic carbocycles. The van der Waals surface area contributed by atoms with Gasteiger partial charge >= 0.3 is 6.09 Å². The third-order valence-electron chi connectivity index (χ3n) is 5.56. The number of rotatable bonds is 7. The van der Waals surface area contributed by atoms with E-state index in [1.807, 2.05) is 19.1 Å². The summed E-state index contributed by atoms with van der Waals surface area (Å²) in [4.78, 5) is 24.5. The first-order chi connectivity index (χ1) is 14.1. The lowest BCUT2D eigenvalue weighted by molar-refractivity contribution is 0.0568. The summed E-state index contributed by atoms with van der Waals surface area (Å²) in [5, 5.41) is 10.0. The molecule has 0 saturated heterocycles. The van der Waals surface area contributed by atoms with E-state index in [0.29, 0.717) is 24.4 Å². The highest BCUT2D eigenvalue weighted by Gasteiger charge is 2.38. The number of carbonyl (C=O) groups excluding carboxylic acids is 2. The van der Waals surface area contributed by atoms with Crippen molar-refractivity contribution in [3.63, 3.8) is 0 Å². The Bertz CT molecular complexity index is 814. The maximum atomic E-state index is 12.8. The number of amides is 2. The smallest absolute Gasteiger partial charge is 0.407 e. The van der Waals surface area contributed by atoms with Crippen molar-refractivity contribution in [1.29, 1.82) is 0 Å². The fourth-order valence-electron chi connectivity index (χ4n) is 3.91. The van der Waals surface area contributed by atoms with Crippen LogP contribution in [-0.2, 0) is 10.2 Å². The van der Waals surface area contributed by atoms with E-state index in [0.717, 1.165) is 25.7 Å². The van der Waals surface area contributed by atoms with Crippen LogP contribution < -0.4 is 15.4 Å². The Kier molecular flexibility index (Phi) is 7.14. The van der Waals surface area contributed by atoms with Crippen LogP contribution in [0.3, 0.4) is 0 Å². The summed E-state index contributed by atoms with van der Waals surface area (Å²) in [6.07, 6.45) is 2.80. The molecule has 1 aliphatic rings. The quantitative estimate of drug-likeness (QED) is 0.712. The third kappa shape index (κ3) is 5.09. The first kappa shape index (κ1) is 21.2. The average Bonchev–Trinajstić information content (AvgIpc) is 3.29. The number of ether oxygens (including phenoxy) is 2. The third-order valence-corrected chi connectivity index (χ3v) is 6.24. The molecule has 0 unspecified atom stereocenters. The van der Waals surface area contributed by atoms with E-state index in [4.69, 9.17) is 9.47 Å². The summed E-state index contributed by atoms with van der Waals surface area (Å²) in [6, 6.07) is 9.36. The van der Waals surface area contributed by atoms with Crippen LogP contribution in [0.25, 0.3) is 0 Å². The van der Waals surface area contributed by atoms with E-state index in [2.05, 4.69) is 27.5 Å². The zero-order valence-corrected chi connectivity index (χ0v) is 17.7. The maximum Gasteiger partial charge on any atom is 0.407 e. The summed E-state index contributed by atoms with van der Waals surface area (Å²) in [6.45, 7) is 2.96. The molecule has 29 heavy (non-hydrogen) atoms. The molecule has 2 N–H and O–H groups in total. The topological polar surface area (TPSA) is 76.7 Å². The van der Waals surface area contributed by atoms with Crippen LogP contribution in [0.2, 0.25) is 0 Å². The van der Waals surface area contributed by atoms with Crippen molar-refractivity contribution in [2.45, 2.75) is 44.1 Å². The minimum atomic E-state index is -0.356. The Hall–Kier alpha value is -2.54. The minimum absolute atomic E-state index is 0.0850. The molecule has 0 spiro atoms. The van der Waals surface area contributed by atoms with Crippen LogP contribution in [0.5, 0.6) is 5.75 Å². The monoisotopic (exact) mass is 416 g/mol. The second-order valence-electron chi connectivity index (χ2n) is 7.31. The van der Waals surface area contributed by atoms with Gasteiger partial charge in [0.25, 0.3) is 5.91 Å². The van der Waals surface area contributed by atoms with Crippen molar-refractivity contribution in [2.75, 3.05) is 20.2 Å². The molecule has 6 nitrogen and oxygen atoms in total. The second kappa shape index (κ2) is 9.78. The molecule has 2 aromatic rings. The van der Waals surface area contributed by atoms with E-state index in [-0.39, 0.29) is 23.5 Å². The van der Waals surface area contributed by atoms with E-state index < -0.39 is 0 Å². The maximum absolute atomic E-state index is 12.8. The number of methoxy groups -OCH3 is 1. The summed E-state index contributed by atoms with van der Waals surface area (Å²) >= 11 is 1.66. The number of alkyl carbamates (subject to hydrolysis) is 1. The normalized spacial score (nSPS) is 21.2. The van der Waals surface area contributed by atoms with E-state index in [9.17, 15) is 9.59 Å². The molecule has 0 atom stereocenters. The minimum Gasteiger partial charge on any atom is -0.496 e. The summed E-state index contributed by atoms with van der Waals surface area (Å²) in [5.41, 5.74) is 1.61. The first-order valence-corrected chi connectivity index (χ1v) is 10.9. The van der Waals surface area contributed by atoms with Crippen LogP contribution in [0.15, 0.2) is 41.1 Å². The lowest BCUT2D eigenvalue weighted by Crippen LogP contribution is -2.45. The van der Waals surface area contributed by atoms with Crippen molar-refractivity contribution in [3.8, 4) is 5.75 Å². The molecule has 1 fully saturated rings. The van der Waals surface area contributed by atoms with Gasteiger partial charge in [0.15, 0.2) is 0 Å². The highest BCUT2D eigenvalue weighted by Crippen LogP contribution is 2.41. The molecule has 1 aromatic heterocycles. The Balaban J connectivity index is 1.68. The predicted molar refractivity (Wildman–Crippen MR) is 114 cm³/mol. The Morgan fingerprint density at radius 1 is 1.17 bits per heavy atom. The van der Waals surface area contributed by atoms with Crippen molar-refractivity contribution in [2.24, 2.45) is 0 Å². The van der Waals surface area contributed by atoms with Gasteiger partial charge in [0.1, 0.15) is 11.9 Å². The number of thiophene rings is 1. The van der Waals surface area contributed by atoms with Crippen LogP contribution in [0.4, 0.5) is 4.79 Å². The molecule has 0 bridgehead atoms. The van der Waals surface area contributed by atoms with Crippen LogP contribution in [-0.4, -0.2) is 38.3 Å². The Morgan fingerprint density at radius 3 is 2.59 bits per heavy atom. The van der Waals surface area contributed by atoms with Gasteiger partial charge in [-0.1, -0.05) is 12.1 Å². The molecule has 3 rings (SSSR count). The van der Waals surface area contributed by atoms with Gasteiger partial charge in [0.05, 0.1) is 12.7 Å². The summed E-state index contributed by atoms with van der Waals surface area (Å²) in [7, 11) is 1.56. The van der Waals surface area contributed by atoms with Gasteiger partial charge in [-0.05, 0) is 67.1 Å². The second-order valence-corrected chi connectivity index (χ2v) is 8.09. The highest BCUT2D eigenvalue weighted by molar-refractivity contribution is 7.08. The molecule has 7 heteroatoms. The Labute approximate surface area is 175 Å². The number of hydrogen-bond donors (Lipinski definition) is 2. The number of benzene rings is 1. The van der Waals surface area contributed by atoms with Gasteiger partial charge in [0.2, 0.25) is 0 Å². The predicted octanol–water partition coefficient (Wildman–Crippen LogP) is 4.11. The number of nitrogens with one attached hydrogen (secondary N) is 2. The highest BCUT2D eigenvalue weighted by atomic mass is 32.1. The standard InChI is InChI=1S/C22H28N2O4S/c1-3-23-21(26)28-17-8-11-22(12-9-17,16-10-13-29-14-16)15-24-20(25)18-6-4-5-7-19(18)27-2/h4-7,10,13-14,17H,3,8-9,11-12,15H2,1-2H3,(H,23,26)(H,24,25)/t17-,22-. The summed E-state index contributed by atoms with van der Waals surface area (Å²) < 4.78 is 10.8. The van der Waals surface area contributed by atoms with Crippen molar-refractivity contribution in [1.82, 2.24) is 10.6 Å². The molecule has 1 aliphatic carbocycles. The van der Waals surface area contributed by atoms with Gasteiger partial charge in [-0.15, -0.1) is 0 Å². The molecule has 2 amide bonds. The van der Waals surface area contributed by atoms with Gasteiger partial charge < -0.3 is 20.1 Å².